The SMILES string of the molecule is O=C(CCN1CCCC1)c1cccc(O)c1. The molecule has 3 nitrogen and oxygen atoms in total. The molecular weight excluding hydrogens is 202 g/mol. The number of phenols is 1. The van der Waals surface area contributed by atoms with Crippen LogP contribution >= 0.6 is 0 Å². The molecule has 0 radical (unpaired) electrons. The number of carbonyl (C=O) groups is 1. The van der Waals surface area contributed by atoms with Crippen molar-refractivity contribution in [2.45, 2.75) is 19.3 Å². The predicted molar refractivity (Wildman–Crippen MR) is 62.7 cm³/mol. The number of likely N-dealkylation sites (tertiary alicyclic amines) is 1. The van der Waals surface area contributed by atoms with Crippen LogP contribution in [0.5, 0.6) is 5.75 Å². The lowest BCUT2D eigenvalue weighted by Crippen LogP contribution is -2.22. The minimum atomic E-state index is 0.114. The molecule has 0 atom stereocenters. The summed E-state index contributed by atoms with van der Waals surface area (Å²) in [5.74, 6) is 0.273. The predicted octanol–water partition coefficient (Wildman–Crippen LogP) is 2.06. The number of hydrogen-bond donors (Lipinski definition) is 1. The summed E-state index contributed by atoms with van der Waals surface area (Å²) in [5, 5.41) is 9.28. The van der Waals surface area contributed by atoms with Crippen molar-refractivity contribution in [2.75, 3.05) is 19.6 Å². The second kappa shape index (κ2) is 5.12. The van der Waals surface area contributed by atoms with Crippen molar-refractivity contribution in [1.29, 1.82) is 0 Å². The van der Waals surface area contributed by atoms with Gasteiger partial charge in [-0.2, -0.15) is 0 Å². The molecule has 0 spiro atoms. The molecule has 1 heterocycles. The maximum atomic E-state index is 11.8. The fraction of sp³-hybridized carbons (Fsp3) is 0.462. The number of Topliss-reactive ketones (excluding diaryl/α,β-unsaturated/α-hetero) is 1. The summed E-state index contributed by atoms with van der Waals surface area (Å²) in [7, 11) is 0. The Kier molecular flexibility index (Phi) is 3.57. The van der Waals surface area contributed by atoms with E-state index in [2.05, 4.69) is 4.90 Å². The fourth-order valence-electron chi connectivity index (χ4n) is 2.09. The minimum absolute atomic E-state index is 0.114. The number of nitrogens with zero attached hydrogens (tertiary/aromatic N) is 1. The van der Waals surface area contributed by atoms with Crippen molar-refractivity contribution in [3.05, 3.63) is 29.8 Å². The number of rotatable bonds is 4. The quantitative estimate of drug-likeness (QED) is 0.788. The normalized spacial score (nSPS) is 16.5. The average molecular weight is 219 g/mol. The van der Waals surface area contributed by atoms with Crippen LogP contribution in [-0.4, -0.2) is 35.4 Å². The Hall–Kier alpha value is -1.35. The Morgan fingerprint density at radius 3 is 2.75 bits per heavy atom. The van der Waals surface area contributed by atoms with E-state index in [0.29, 0.717) is 12.0 Å². The summed E-state index contributed by atoms with van der Waals surface area (Å²) in [6, 6.07) is 6.58. The van der Waals surface area contributed by atoms with Crippen molar-refractivity contribution < 1.29 is 9.90 Å². The largest absolute Gasteiger partial charge is 0.508 e. The molecule has 2 rings (SSSR count). The van der Waals surface area contributed by atoms with Gasteiger partial charge in [-0.3, -0.25) is 4.79 Å². The van der Waals surface area contributed by atoms with Gasteiger partial charge in [-0.25, -0.2) is 0 Å². The molecule has 1 aromatic rings. The van der Waals surface area contributed by atoms with Gasteiger partial charge in [0.25, 0.3) is 0 Å². The smallest absolute Gasteiger partial charge is 0.164 e. The molecule has 0 aliphatic carbocycles. The summed E-state index contributed by atoms with van der Waals surface area (Å²) < 4.78 is 0. The first kappa shape index (κ1) is 11.1. The Bertz CT molecular complexity index is 370. The third-order valence-corrected chi connectivity index (χ3v) is 3.02. The van der Waals surface area contributed by atoms with Crippen LogP contribution in [0.4, 0.5) is 0 Å². The van der Waals surface area contributed by atoms with E-state index in [4.69, 9.17) is 0 Å². The highest BCUT2D eigenvalue weighted by Gasteiger charge is 2.13. The van der Waals surface area contributed by atoms with E-state index in [-0.39, 0.29) is 11.5 Å². The molecule has 1 N–H and O–H groups in total. The molecule has 0 aromatic heterocycles. The van der Waals surface area contributed by atoms with E-state index in [1.165, 1.54) is 18.9 Å². The molecule has 0 unspecified atom stereocenters. The number of benzene rings is 1. The maximum Gasteiger partial charge on any atom is 0.164 e. The molecule has 16 heavy (non-hydrogen) atoms. The number of hydrogen-bond acceptors (Lipinski definition) is 3. The van der Waals surface area contributed by atoms with Crippen molar-refractivity contribution in [2.24, 2.45) is 0 Å². The molecule has 1 saturated heterocycles. The van der Waals surface area contributed by atoms with Gasteiger partial charge >= 0.3 is 0 Å². The van der Waals surface area contributed by atoms with Gasteiger partial charge in [-0.1, -0.05) is 12.1 Å². The van der Waals surface area contributed by atoms with Crippen molar-refractivity contribution in [1.82, 2.24) is 4.90 Å². The van der Waals surface area contributed by atoms with Gasteiger partial charge in [-0.15, -0.1) is 0 Å². The van der Waals surface area contributed by atoms with Gasteiger partial charge in [-0.05, 0) is 38.1 Å². The Morgan fingerprint density at radius 2 is 2.06 bits per heavy atom. The van der Waals surface area contributed by atoms with Gasteiger partial charge in [0.2, 0.25) is 0 Å². The zero-order valence-corrected chi connectivity index (χ0v) is 9.35. The van der Waals surface area contributed by atoms with E-state index in [1.807, 2.05) is 0 Å². The van der Waals surface area contributed by atoms with Crippen molar-refractivity contribution >= 4 is 5.78 Å². The fourth-order valence-corrected chi connectivity index (χ4v) is 2.09. The lowest BCUT2D eigenvalue weighted by molar-refractivity contribution is 0.0968. The van der Waals surface area contributed by atoms with Crippen molar-refractivity contribution in [3.63, 3.8) is 0 Å². The van der Waals surface area contributed by atoms with E-state index in [1.54, 1.807) is 18.2 Å². The first-order valence-corrected chi connectivity index (χ1v) is 5.80. The number of phenolic OH excluding ortho intramolecular Hbond substituents is 1. The van der Waals surface area contributed by atoms with Gasteiger partial charge in [0, 0.05) is 18.5 Å². The molecular formula is C13H17NO2. The monoisotopic (exact) mass is 219 g/mol. The van der Waals surface area contributed by atoms with Crippen LogP contribution in [0.15, 0.2) is 24.3 Å². The minimum Gasteiger partial charge on any atom is -0.508 e. The summed E-state index contributed by atoms with van der Waals surface area (Å²) >= 11 is 0. The summed E-state index contributed by atoms with van der Waals surface area (Å²) in [6.07, 6.45) is 3.05. The highest BCUT2D eigenvalue weighted by molar-refractivity contribution is 5.96. The van der Waals surface area contributed by atoms with Crippen LogP contribution in [0.2, 0.25) is 0 Å². The molecule has 1 aliphatic heterocycles. The van der Waals surface area contributed by atoms with Crippen LogP contribution in [0, 0.1) is 0 Å². The lowest BCUT2D eigenvalue weighted by atomic mass is 10.1. The summed E-state index contributed by atoms with van der Waals surface area (Å²) in [4.78, 5) is 14.1. The zero-order chi connectivity index (χ0) is 11.4. The van der Waals surface area contributed by atoms with E-state index >= 15 is 0 Å². The zero-order valence-electron chi connectivity index (χ0n) is 9.35. The molecule has 3 heteroatoms. The highest BCUT2D eigenvalue weighted by atomic mass is 16.3. The van der Waals surface area contributed by atoms with E-state index in [9.17, 15) is 9.90 Å². The second-order valence-corrected chi connectivity index (χ2v) is 4.27. The molecule has 1 aliphatic rings. The number of carbonyl (C=O) groups excluding carboxylic acids is 1. The molecule has 86 valence electrons. The first-order valence-electron chi connectivity index (χ1n) is 5.80. The Labute approximate surface area is 95.7 Å². The summed E-state index contributed by atoms with van der Waals surface area (Å²) in [5.41, 5.74) is 0.610. The molecule has 0 saturated carbocycles. The standard InChI is InChI=1S/C13H17NO2/c15-12-5-3-4-11(10-12)13(16)6-9-14-7-1-2-8-14/h3-5,10,15H,1-2,6-9H2. The highest BCUT2D eigenvalue weighted by Crippen LogP contribution is 2.14. The third-order valence-electron chi connectivity index (χ3n) is 3.02. The van der Waals surface area contributed by atoms with Crippen molar-refractivity contribution in [3.8, 4) is 5.75 Å². The lowest BCUT2D eigenvalue weighted by Gasteiger charge is -2.13. The Morgan fingerprint density at radius 1 is 1.31 bits per heavy atom. The topological polar surface area (TPSA) is 40.5 Å². The van der Waals surface area contributed by atoms with Crippen LogP contribution in [0.25, 0.3) is 0 Å². The first-order chi connectivity index (χ1) is 7.75. The van der Waals surface area contributed by atoms with Gasteiger partial charge in [0.1, 0.15) is 5.75 Å². The number of aromatic hydroxyl groups is 1. The molecule has 1 fully saturated rings. The van der Waals surface area contributed by atoms with Gasteiger partial charge in [0.05, 0.1) is 0 Å². The molecule has 0 amide bonds. The number of ketones is 1. The average Bonchev–Trinajstić information content (AvgIpc) is 2.78. The van der Waals surface area contributed by atoms with Crippen LogP contribution < -0.4 is 0 Å². The van der Waals surface area contributed by atoms with Gasteiger partial charge in [0.15, 0.2) is 5.78 Å². The van der Waals surface area contributed by atoms with Crippen LogP contribution in [0.3, 0.4) is 0 Å². The van der Waals surface area contributed by atoms with E-state index < -0.39 is 0 Å². The second-order valence-electron chi connectivity index (χ2n) is 4.27. The van der Waals surface area contributed by atoms with Crippen LogP contribution in [0.1, 0.15) is 29.6 Å². The maximum absolute atomic E-state index is 11.8. The van der Waals surface area contributed by atoms with Crippen LogP contribution in [-0.2, 0) is 0 Å². The molecule has 0 bridgehead atoms. The molecule has 1 aromatic carbocycles. The summed E-state index contributed by atoms with van der Waals surface area (Å²) in [6.45, 7) is 3.08. The van der Waals surface area contributed by atoms with Gasteiger partial charge < -0.3 is 10.0 Å². The van der Waals surface area contributed by atoms with E-state index in [0.717, 1.165) is 19.6 Å². The Balaban J connectivity index is 1.87. The third kappa shape index (κ3) is 2.83.